The van der Waals surface area contributed by atoms with Crippen molar-refractivity contribution in [2.24, 2.45) is 0 Å². The summed E-state index contributed by atoms with van der Waals surface area (Å²) < 4.78 is 5.01. The largest absolute Gasteiger partial charge is 0.462 e. The van der Waals surface area contributed by atoms with Crippen LogP contribution >= 0.6 is 11.6 Å². The Bertz CT molecular complexity index is 498. The molecular weight excluding hydrogens is 222 g/mol. The van der Waals surface area contributed by atoms with Gasteiger partial charge in [0.15, 0.2) is 11.5 Å². The van der Waals surface area contributed by atoms with Crippen LogP contribution in [0.2, 0.25) is 5.28 Å². The minimum atomic E-state index is -0.589. The Morgan fingerprint density at radius 1 is 1.53 bits per heavy atom. The highest BCUT2D eigenvalue weighted by Gasteiger charge is 2.20. The average molecular weight is 226 g/mol. The molecule has 0 radical (unpaired) electrons. The van der Waals surface area contributed by atoms with Gasteiger partial charge in [-0.05, 0) is 23.7 Å². The molecule has 0 spiro atoms. The van der Waals surface area contributed by atoms with Crippen molar-refractivity contribution in [1.29, 1.82) is 0 Å². The fraction of sp³-hybridized carbons (Fsp3) is 0. The van der Waals surface area contributed by atoms with Crippen LogP contribution in [0.4, 0.5) is 5.69 Å². The predicted octanol–water partition coefficient (Wildman–Crippen LogP) is 2.30. The Kier molecular flexibility index (Phi) is 2.34. The van der Waals surface area contributed by atoms with Gasteiger partial charge in [0, 0.05) is 0 Å². The number of nitro groups is 1. The molecule has 0 atom stereocenters. The molecule has 7 heteroatoms. The normalized spacial score (nSPS) is 10.2. The first-order chi connectivity index (χ1) is 7.18. The Morgan fingerprint density at radius 2 is 2.33 bits per heavy atom. The van der Waals surface area contributed by atoms with Crippen LogP contribution in [0.5, 0.6) is 0 Å². The molecule has 15 heavy (non-hydrogen) atoms. The molecule has 0 aromatic carbocycles. The number of hydrogen-bond acceptors (Lipinski definition) is 5. The van der Waals surface area contributed by atoms with Crippen LogP contribution < -0.4 is 0 Å². The van der Waals surface area contributed by atoms with Gasteiger partial charge in [-0.3, -0.25) is 10.1 Å². The number of aromatic nitrogens is 2. The summed E-state index contributed by atoms with van der Waals surface area (Å²) in [5, 5.41) is 10.6. The van der Waals surface area contributed by atoms with E-state index in [1.54, 1.807) is 12.1 Å². The lowest BCUT2D eigenvalue weighted by Gasteiger charge is -1.97. The summed E-state index contributed by atoms with van der Waals surface area (Å²) in [5.74, 6) is 0.283. The zero-order valence-corrected chi connectivity index (χ0v) is 8.01. The predicted molar refractivity (Wildman–Crippen MR) is 51.4 cm³/mol. The second-order valence-corrected chi connectivity index (χ2v) is 2.95. The standard InChI is InChI=1S/C8H4ClN3O3/c9-8-10-4-5(12(13)14)7(11-8)6-2-1-3-15-6/h1-4H. The van der Waals surface area contributed by atoms with Crippen molar-refractivity contribution in [3.05, 3.63) is 40.0 Å². The molecule has 0 aliphatic carbocycles. The molecule has 0 saturated heterocycles. The van der Waals surface area contributed by atoms with Gasteiger partial charge < -0.3 is 4.42 Å². The van der Waals surface area contributed by atoms with Crippen LogP contribution in [-0.2, 0) is 0 Å². The quantitative estimate of drug-likeness (QED) is 0.445. The van der Waals surface area contributed by atoms with Gasteiger partial charge >= 0.3 is 5.69 Å². The van der Waals surface area contributed by atoms with Crippen molar-refractivity contribution in [2.75, 3.05) is 0 Å². The first-order valence-electron chi connectivity index (χ1n) is 3.89. The van der Waals surface area contributed by atoms with Gasteiger partial charge in [-0.15, -0.1) is 0 Å². The summed E-state index contributed by atoms with van der Waals surface area (Å²) in [6.07, 6.45) is 2.45. The summed E-state index contributed by atoms with van der Waals surface area (Å²) >= 11 is 5.55. The molecule has 0 saturated carbocycles. The van der Waals surface area contributed by atoms with Crippen LogP contribution in [0.25, 0.3) is 11.5 Å². The zero-order chi connectivity index (χ0) is 10.8. The van der Waals surface area contributed by atoms with E-state index in [2.05, 4.69) is 9.97 Å². The van der Waals surface area contributed by atoms with E-state index in [1.807, 2.05) is 0 Å². The van der Waals surface area contributed by atoms with Crippen molar-refractivity contribution in [1.82, 2.24) is 9.97 Å². The van der Waals surface area contributed by atoms with Gasteiger partial charge in [-0.1, -0.05) is 0 Å². The molecule has 2 aromatic heterocycles. The fourth-order valence-electron chi connectivity index (χ4n) is 1.08. The molecule has 0 aliphatic rings. The molecule has 2 heterocycles. The smallest absolute Gasteiger partial charge is 0.316 e. The lowest BCUT2D eigenvalue weighted by atomic mass is 10.3. The Morgan fingerprint density at radius 3 is 2.93 bits per heavy atom. The molecule has 0 unspecified atom stereocenters. The van der Waals surface area contributed by atoms with E-state index >= 15 is 0 Å². The maximum atomic E-state index is 10.7. The Balaban J connectivity index is 2.63. The van der Waals surface area contributed by atoms with Gasteiger partial charge in [0.05, 0.1) is 11.2 Å². The number of halogens is 1. The SMILES string of the molecule is O=[N+]([O-])c1cnc(Cl)nc1-c1ccco1. The topological polar surface area (TPSA) is 82.1 Å². The van der Waals surface area contributed by atoms with E-state index in [0.717, 1.165) is 6.20 Å². The van der Waals surface area contributed by atoms with Gasteiger partial charge in [-0.2, -0.15) is 0 Å². The third-order valence-electron chi connectivity index (χ3n) is 1.69. The highest BCUT2D eigenvalue weighted by Crippen LogP contribution is 2.27. The fourth-order valence-corrected chi connectivity index (χ4v) is 1.22. The summed E-state index contributed by atoms with van der Waals surface area (Å²) in [7, 11) is 0. The second-order valence-electron chi connectivity index (χ2n) is 2.61. The van der Waals surface area contributed by atoms with E-state index in [9.17, 15) is 10.1 Å². The van der Waals surface area contributed by atoms with Gasteiger partial charge in [-0.25, -0.2) is 9.97 Å². The van der Waals surface area contributed by atoms with E-state index in [1.165, 1.54) is 6.26 Å². The second kappa shape index (κ2) is 3.66. The summed E-state index contributed by atoms with van der Waals surface area (Å²) in [5.41, 5.74) is -0.167. The number of nitrogens with zero attached hydrogens (tertiary/aromatic N) is 3. The van der Waals surface area contributed by atoms with Crippen molar-refractivity contribution in [3.8, 4) is 11.5 Å². The van der Waals surface area contributed by atoms with Gasteiger partial charge in [0.25, 0.3) is 0 Å². The average Bonchev–Trinajstić information content (AvgIpc) is 2.69. The molecule has 0 aliphatic heterocycles. The Hall–Kier alpha value is -1.95. The van der Waals surface area contributed by atoms with Crippen molar-refractivity contribution in [2.45, 2.75) is 0 Å². The Labute approximate surface area is 88.7 Å². The van der Waals surface area contributed by atoms with Crippen molar-refractivity contribution >= 4 is 17.3 Å². The van der Waals surface area contributed by atoms with Crippen LogP contribution in [0.1, 0.15) is 0 Å². The maximum absolute atomic E-state index is 10.7. The van der Waals surface area contributed by atoms with Crippen LogP contribution in [0.15, 0.2) is 29.0 Å². The monoisotopic (exact) mass is 225 g/mol. The molecule has 2 rings (SSSR count). The summed E-state index contributed by atoms with van der Waals surface area (Å²) in [6.45, 7) is 0. The molecular formula is C8H4ClN3O3. The number of furan rings is 1. The van der Waals surface area contributed by atoms with Crippen LogP contribution in [-0.4, -0.2) is 14.9 Å². The molecule has 0 fully saturated rings. The maximum Gasteiger partial charge on any atom is 0.316 e. The third-order valence-corrected chi connectivity index (χ3v) is 1.87. The highest BCUT2D eigenvalue weighted by atomic mass is 35.5. The van der Waals surface area contributed by atoms with Gasteiger partial charge in [0.1, 0.15) is 6.20 Å². The lowest BCUT2D eigenvalue weighted by molar-refractivity contribution is -0.384. The first-order valence-corrected chi connectivity index (χ1v) is 4.27. The number of hydrogen-bond donors (Lipinski definition) is 0. The van der Waals surface area contributed by atoms with Crippen molar-refractivity contribution in [3.63, 3.8) is 0 Å². The molecule has 2 aromatic rings. The summed E-state index contributed by atoms with van der Waals surface area (Å²) in [4.78, 5) is 17.4. The molecule has 0 N–H and O–H groups in total. The van der Waals surface area contributed by atoms with E-state index < -0.39 is 4.92 Å². The minimum absolute atomic E-state index is 0.0630. The zero-order valence-electron chi connectivity index (χ0n) is 7.25. The molecule has 6 nitrogen and oxygen atoms in total. The van der Waals surface area contributed by atoms with Crippen LogP contribution in [0.3, 0.4) is 0 Å². The minimum Gasteiger partial charge on any atom is -0.462 e. The van der Waals surface area contributed by atoms with Crippen molar-refractivity contribution < 1.29 is 9.34 Å². The first kappa shape index (κ1) is 9.60. The molecule has 76 valence electrons. The van der Waals surface area contributed by atoms with E-state index in [0.29, 0.717) is 0 Å². The molecule has 0 amide bonds. The van der Waals surface area contributed by atoms with E-state index in [4.69, 9.17) is 16.0 Å². The van der Waals surface area contributed by atoms with Gasteiger partial charge in [0.2, 0.25) is 5.28 Å². The van der Waals surface area contributed by atoms with E-state index in [-0.39, 0.29) is 22.4 Å². The van der Waals surface area contributed by atoms with Crippen LogP contribution in [0, 0.1) is 10.1 Å². The highest BCUT2D eigenvalue weighted by molar-refractivity contribution is 6.28. The number of rotatable bonds is 2. The molecule has 0 bridgehead atoms. The lowest BCUT2D eigenvalue weighted by Crippen LogP contribution is -1.96. The third kappa shape index (κ3) is 1.79. The summed E-state index contributed by atoms with van der Waals surface area (Å²) in [6, 6.07) is 3.17.